The van der Waals surface area contributed by atoms with E-state index in [9.17, 15) is 4.79 Å². The van der Waals surface area contributed by atoms with Gasteiger partial charge in [-0.05, 0) is 24.1 Å². The third-order valence-corrected chi connectivity index (χ3v) is 2.23. The molecular formula is C11H16N2O2. The SMILES string of the molecule is CCc1ccnc(C(=O)N(C)CCO)c1. The fraction of sp³-hybridized carbons (Fsp3) is 0.455. The highest BCUT2D eigenvalue weighted by Crippen LogP contribution is 2.04. The third-order valence-electron chi connectivity index (χ3n) is 2.23. The Labute approximate surface area is 89.6 Å². The van der Waals surface area contributed by atoms with Crippen LogP contribution in [0, 0.1) is 0 Å². The zero-order valence-corrected chi connectivity index (χ0v) is 9.10. The molecule has 4 heteroatoms. The number of aliphatic hydroxyl groups excluding tert-OH is 1. The van der Waals surface area contributed by atoms with Crippen molar-refractivity contribution in [2.24, 2.45) is 0 Å². The number of nitrogens with zero attached hydrogens (tertiary/aromatic N) is 2. The van der Waals surface area contributed by atoms with Gasteiger partial charge in [0.2, 0.25) is 0 Å². The molecule has 0 aliphatic rings. The van der Waals surface area contributed by atoms with Gasteiger partial charge in [-0.3, -0.25) is 9.78 Å². The van der Waals surface area contributed by atoms with Crippen molar-refractivity contribution in [3.63, 3.8) is 0 Å². The molecule has 0 atom stereocenters. The zero-order valence-electron chi connectivity index (χ0n) is 9.10. The Balaban J connectivity index is 2.81. The molecule has 82 valence electrons. The predicted molar refractivity (Wildman–Crippen MR) is 57.7 cm³/mol. The van der Waals surface area contributed by atoms with E-state index in [1.807, 2.05) is 13.0 Å². The molecule has 0 spiro atoms. The van der Waals surface area contributed by atoms with E-state index in [-0.39, 0.29) is 12.5 Å². The number of pyridine rings is 1. The first-order chi connectivity index (χ1) is 7.19. The molecule has 0 fully saturated rings. The number of carbonyl (C=O) groups excluding carboxylic acids is 1. The lowest BCUT2D eigenvalue weighted by Gasteiger charge is -2.15. The van der Waals surface area contributed by atoms with Crippen LogP contribution in [0.15, 0.2) is 18.3 Å². The van der Waals surface area contributed by atoms with E-state index in [0.717, 1.165) is 12.0 Å². The fourth-order valence-electron chi connectivity index (χ4n) is 1.26. The lowest BCUT2D eigenvalue weighted by Crippen LogP contribution is -2.30. The van der Waals surface area contributed by atoms with Gasteiger partial charge >= 0.3 is 0 Å². The number of aromatic nitrogens is 1. The summed E-state index contributed by atoms with van der Waals surface area (Å²) in [5.74, 6) is -0.153. The third kappa shape index (κ3) is 3.02. The number of likely N-dealkylation sites (N-methyl/N-ethyl adjacent to an activating group) is 1. The minimum Gasteiger partial charge on any atom is -0.395 e. The maximum absolute atomic E-state index is 11.8. The number of amides is 1. The second-order valence-electron chi connectivity index (χ2n) is 3.35. The Bertz CT molecular complexity index is 339. The monoisotopic (exact) mass is 208 g/mol. The Kier molecular flexibility index (Phi) is 4.24. The lowest BCUT2D eigenvalue weighted by molar-refractivity contribution is 0.0761. The summed E-state index contributed by atoms with van der Waals surface area (Å²) in [5, 5.41) is 8.72. The Morgan fingerprint density at radius 2 is 2.33 bits per heavy atom. The molecule has 15 heavy (non-hydrogen) atoms. The molecule has 0 unspecified atom stereocenters. The average Bonchev–Trinajstić information content (AvgIpc) is 2.28. The molecule has 0 bridgehead atoms. The molecule has 1 heterocycles. The van der Waals surface area contributed by atoms with Crippen LogP contribution in [0.3, 0.4) is 0 Å². The number of hydrogen-bond acceptors (Lipinski definition) is 3. The zero-order chi connectivity index (χ0) is 11.3. The quantitative estimate of drug-likeness (QED) is 0.792. The van der Waals surface area contributed by atoms with Crippen molar-refractivity contribution in [2.75, 3.05) is 20.2 Å². The highest BCUT2D eigenvalue weighted by Gasteiger charge is 2.12. The highest BCUT2D eigenvalue weighted by atomic mass is 16.3. The fourth-order valence-corrected chi connectivity index (χ4v) is 1.26. The van der Waals surface area contributed by atoms with Crippen molar-refractivity contribution in [3.8, 4) is 0 Å². The first kappa shape index (κ1) is 11.7. The Morgan fingerprint density at radius 1 is 1.60 bits per heavy atom. The largest absolute Gasteiger partial charge is 0.395 e. The van der Waals surface area contributed by atoms with Gasteiger partial charge in [0.15, 0.2) is 0 Å². The Morgan fingerprint density at radius 3 is 2.93 bits per heavy atom. The van der Waals surface area contributed by atoms with Gasteiger partial charge in [-0.2, -0.15) is 0 Å². The van der Waals surface area contributed by atoms with Crippen molar-refractivity contribution >= 4 is 5.91 Å². The highest BCUT2D eigenvalue weighted by molar-refractivity contribution is 5.92. The molecule has 0 saturated heterocycles. The summed E-state index contributed by atoms with van der Waals surface area (Å²) in [6.45, 7) is 2.33. The van der Waals surface area contributed by atoms with Gasteiger partial charge < -0.3 is 10.0 Å². The van der Waals surface area contributed by atoms with Crippen molar-refractivity contribution in [1.29, 1.82) is 0 Å². The van der Waals surface area contributed by atoms with E-state index in [0.29, 0.717) is 12.2 Å². The lowest BCUT2D eigenvalue weighted by atomic mass is 10.2. The summed E-state index contributed by atoms with van der Waals surface area (Å²) in [7, 11) is 1.65. The van der Waals surface area contributed by atoms with Crippen LogP contribution in [0.1, 0.15) is 23.0 Å². The molecule has 1 N–H and O–H groups in total. The molecule has 0 aliphatic carbocycles. The van der Waals surface area contributed by atoms with E-state index in [1.165, 1.54) is 4.90 Å². The molecule has 1 rings (SSSR count). The van der Waals surface area contributed by atoms with Gasteiger partial charge in [-0.25, -0.2) is 0 Å². The summed E-state index contributed by atoms with van der Waals surface area (Å²) in [6.07, 6.45) is 2.52. The second-order valence-corrected chi connectivity index (χ2v) is 3.35. The van der Waals surface area contributed by atoms with Gasteiger partial charge in [0.05, 0.1) is 6.61 Å². The van der Waals surface area contributed by atoms with Crippen LogP contribution in [-0.4, -0.2) is 41.1 Å². The standard InChI is InChI=1S/C11H16N2O2/c1-3-9-4-5-12-10(8-9)11(15)13(2)6-7-14/h4-5,8,14H,3,6-7H2,1-2H3. The van der Waals surface area contributed by atoms with E-state index in [1.54, 1.807) is 19.3 Å². The van der Waals surface area contributed by atoms with Crippen LogP contribution in [0.5, 0.6) is 0 Å². The number of rotatable bonds is 4. The number of aliphatic hydroxyl groups is 1. The maximum Gasteiger partial charge on any atom is 0.272 e. The molecule has 0 radical (unpaired) electrons. The number of carbonyl (C=O) groups is 1. The van der Waals surface area contributed by atoms with E-state index in [2.05, 4.69) is 4.98 Å². The Hall–Kier alpha value is -1.42. The van der Waals surface area contributed by atoms with E-state index >= 15 is 0 Å². The number of hydrogen-bond donors (Lipinski definition) is 1. The van der Waals surface area contributed by atoms with Gasteiger partial charge in [0.1, 0.15) is 5.69 Å². The second kappa shape index (κ2) is 5.46. The van der Waals surface area contributed by atoms with Gasteiger partial charge in [-0.1, -0.05) is 6.92 Å². The minimum atomic E-state index is -0.153. The van der Waals surface area contributed by atoms with Crippen molar-refractivity contribution < 1.29 is 9.90 Å². The molecule has 1 aromatic rings. The molecule has 1 aromatic heterocycles. The molecular weight excluding hydrogens is 192 g/mol. The summed E-state index contributed by atoms with van der Waals surface area (Å²) >= 11 is 0. The normalized spacial score (nSPS) is 10.1. The topological polar surface area (TPSA) is 53.4 Å². The van der Waals surface area contributed by atoms with Crippen LogP contribution in [-0.2, 0) is 6.42 Å². The maximum atomic E-state index is 11.8. The average molecular weight is 208 g/mol. The molecule has 4 nitrogen and oxygen atoms in total. The van der Waals surface area contributed by atoms with Gasteiger partial charge in [0, 0.05) is 19.8 Å². The van der Waals surface area contributed by atoms with Crippen molar-refractivity contribution in [3.05, 3.63) is 29.6 Å². The van der Waals surface area contributed by atoms with Crippen molar-refractivity contribution in [2.45, 2.75) is 13.3 Å². The smallest absolute Gasteiger partial charge is 0.272 e. The van der Waals surface area contributed by atoms with Crippen LogP contribution in [0.2, 0.25) is 0 Å². The molecule has 0 saturated carbocycles. The van der Waals surface area contributed by atoms with E-state index in [4.69, 9.17) is 5.11 Å². The summed E-state index contributed by atoms with van der Waals surface area (Å²) in [5.41, 5.74) is 1.52. The van der Waals surface area contributed by atoms with E-state index < -0.39 is 0 Å². The molecule has 1 amide bonds. The van der Waals surface area contributed by atoms with Gasteiger partial charge in [0.25, 0.3) is 5.91 Å². The molecule has 0 aliphatic heterocycles. The van der Waals surface area contributed by atoms with Gasteiger partial charge in [-0.15, -0.1) is 0 Å². The summed E-state index contributed by atoms with van der Waals surface area (Å²) in [6, 6.07) is 3.68. The molecule has 0 aromatic carbocycles. The van der Waals surface area contributed by atoms with Crippen molar-refractivity contribution in [1.82, 2.24) is 9.88 Å². The number of aryl methyl sites for hydroxylation is 1. The van der Waals surface area contributed by atoms with Crippen LogP contribution >= 0.6 is 0 Å². The van der Waals surface area contributed by atoms with Crippen LogP contribution in [0.4, 0.5) is 0 Å². The first-order valence-corrected chi connectivity index (χ1v) is 5.00. The predicted octanol–water partition coefficient (Wildman–Crippen LogP) is 0.708. The van der Waals surface area contributed by atoms with Crippen LogP contribution < -0.4 is 0 Å². The minimum absolute atomic E-state index is 0.0320. The van der Waals surface area contributed by atoms with Crippen LogP contribution in [0.25, 0.3) is 0 Å². The summed E-state index contributed by atoms with van der Waals surface area (Å²) in [4.78, 5) is 17.2. The summed E-state index contributed by atoms with van der Waals surface area (Å²) < 4.78 is 0. The first-order valence-electron chi connectivity index (χ1n) is 5.00.